The minimum absolute atomic E-state index is 0.925. The van der Waals surface area contributed by atoms with Gasteiger partial charge in [-0.2, -0.15) is 0 Å². The number of hydrogen-bond acceptors (Lipinski definition) is 2. The van der Waals surface area contributed by atoms with E-state index in [1.807, 2.05) is 0 Å². The van der Waals surface area contributed by atoms with Crippen LogP contribution in [0, 0.1) is 13.8 Å². The summed E-state index contributed by atoms with van der Waals surface area (Å²) in [5.74, 6) is 1.03. The molecule has 0 atom stereocenters. The van der Waals surface area contributed by atoms with Crippen molar-refractivity contribution in [1.82, 2.24) is 9.97 Å². The van der Waals surface area contributed by atoms with E-state index >= 15 is 0 Å². The second-order valence-electron chi connectivity index (χ2n) is 5.14. The zero-order valence-corrected chi connectivity index (χ0v) is 12.1. The maximum Gasteiger partial charge on any atom is 0.106 e. The van der Waals surface area contributed by atoms with E-state index in [1.54, 1.807) is 0 Å². The van der Waals surface area contributed by atoms with Crippen LogP contribution in [0.3, 0.4) is 0 Å². The number of aryl methyl sites for hydroxylation is 2. The topological polar surface area (TPSA) is 40.7 Å². The quantitative estimate of drug-likeness (QED) is 0.732. The molecule has 0 aliphatic heterocycles. The van der Waals surface area contributed by atoms with Gasteiger partial charge in [0, 0.05) is 17.8 Å². The summed E-state index contributed by atoms with van der Waals surface area (Å²) in [4.78, 5) is 7.87. The second kappa shape index (κ2) is 5.00. The standard InChI is InChI=1S/C17H19N3/c1-4-17-19-15-9-8-13(10-16(15)20-17)18-14-7-5-6-11(2)12(14)3/h5-10,18H,4H2,1-3H3,(H,19,20). The fraction of sp³-hybridized carbons (Fsp3) is 0.235. The minimum atomic E-state index is 0.925. The Balaban J connectivity index is 1.96. The monoisotopic (exact) mass is 265 g/mol. The Morgan fingerprint density at radius 2 is 2.00 bits per heavy atom. The molecular weight excluding hydrogens is 246 g/mol. The van der Waals surface area contributed by atoms with Gasteiger partial charge in [0.15, 0.2) is 0 Å². The van der Waals surface area contributed by atoms with Gasteiger partial charge in [-0.15, -0.1) is 0 Å². The lowest BCUT2D eigenvalue weighted by Gasteiger charge is -2.11. The van der Waals surface area contributed by atoms with Crippen LogP contribution in [0.5, 0.6) is 0 Å². The van der Waals surface area contributed by atoms with Gasteiger partial charge in [0.1, 0.15) is 5.82 Å². The summed E-state index contributed by atoms with van der Waals surface area (Å²) < 4.78 is 0. The van der Waals surface area contributed by atoms with Crippen LogP contribution < -0.4 is 5.32 Å². The SMILES string of the molecule is CCc1nc2ccc(Nc3cccc(C)c3C)cc2[nH]1. The summed E-state index contributed by atoms with van der Waals surface area (Å²) in [5, 5.41) is 3.48. The molecule has 1 aromatic heterocycles. The van der Waals surface area contributed by atoms with Gasteiger partial charge >= 0.3 is 0 Å². The van der Waals surface area contributed by atoms with Crippen molar-refractivity contribution < 1.29 is 0 Å². The van der Waals surface area contributed by atoms with Gasteiger partial charge in [0.2, 0.25) is 0 Å². The Hall–Kier alpha value is -2.29. The van der Waals surface area contributed by atoms with E-state index in [1.165, 1.54) is 11.1 Å². The van der Waals surface area contributed by atoms with E-state index in [2.05, 4.69) is 72.5 Å². The first-order valence-electron chi connectivity index (χ1n) is 6.99. The van der Waals surface area contributed by atoms with Crippen LogP contribution in [-0.4, -0.2) is 9.97 Å². The van der Waals surface area contributed by atoms with Gasteiger partial charge in [-0.1, -0.05) is 19.1 Å². The van der Waals surface area contributed by atoms with E-state index in [-0.39, 0.29) is 0 Å². The largest absolute Gasteiger partial charge is 0.355 e. The lowest BCUT2D eigenvalue weighted by molar-refractivity contribution is 1.00. The molecule has 0 spiro atoms. The third-order valence-corrected chi connectivity index (χ3v) is 3.75. The van der Waals surface area contributed by atoms with Crippen molar-refractivity contribution in [3.8, 4) is 0 Å². The van der Waals surface area contributed by atoms with Crippen LogP contribution in [-0.2, 0) is 6.42 Å². The predicted molar refractivity (Wildman–Crippen MR) is 84.7 cm³/mol. The fourth-order valence-corrected chi connectivity index (χ4v) is 2.35. The van der Waals surface area contributed by atoms with Crippen LogP contribution in [0.25, 0.3) is 11.0 Å². The Labute approximate surface area is 119 Å². The first kappa shape index (κ1) is 12.7. The average molecular weight is 265 g/mol. The number of aromatic amines is 1. The third-order valence-electron chi connectivity index (χ3n) is 3.75. The summed E-state index contributed by atoms with van der Waals surface area (Å²) in [5.41, 5.74) is 6.92. The number of rotatable bonds is 3. The number of H-pyrrole nitrogens is 1. The number of nitrogens with one attached hydrogen (secondary N) is 2. The normalized spacial score (nSPS) is 10.9. The van der Waals surface area contributed by atoms with E-state index < -0.39 is 0 Å². The highest BCUT2D eigenvalue weighted by molar-refractivity contribution is 5.81. The van der Waals surface area contributed by atoms with Crippen LogP contribution in [0.1, 0.15) is 23.9 Å². The van der Waals surface area contributed by atoms with Crippen molar-refractivity contribution in [2.24, 2.45) is 0 Å². The predicted octanol–water partition coefficient (Wildman–Crippen LogP) is 4.49. The van der Waals surface area contributed by atoms with Crippen LogP contribution >= 0.6 is 0 Å². The summed E-state index contributed by atoms with van der Waals surface area (Å²) in [7, 11) is 0. The lowest BCUT2D eigenvalue weighted by Crippen LogP contribution is -1.94. The Kier molecular flexibility index (Phi) is 3.18. The molecule has 0 aliphatic carbocycles. The van der Waals surface area contributed by atoms with Crippen LogP contribution in [0.2, 0.25) is 0 Å². The molecule has 0 aliphatic rings. The molecular formula is C17H19N3. The van der Waals surface area contributed by atoms with Crippen molar-refractivity contribution in [3.63, 3.8) is 0 Å². The van der Waals surface area contributed by atoms with Gasteiger partial charge in [0.05, 0.1) is 11.0 Å². The molecule has 2 N–H and O–H groups in total. The van der Waals surface area contributed by atoms with Crippen molar-refractivity contribution >= 4 is 22.4 Å². The average Bonchev–Trinajstić information content (AvgIpc) is 2.86. The lowest BCUT2D eigenvalue weighted by atomic mass is 10.1. The summed E-state index contributed by atoms with van der Waals surface area (Å²) in [6, 6.07) is 12.6. The first-order chi connectivity index (χ1) is 9.67. The minimum Gasteiger partial charge on any atom is -0.355 e. The summed E-state index contributed by atoms with van der Waals surface area (Å²) >= 11 is 0. The van der Waals surface area contributed by atoms with Gasteiger partial charge < -0.3 is 10.3 Å². The maximum absolute atomic E-state index is 4.53. The number of nitrogens with zero attached hydrogens (tertiary/aromatic N) is 1. The van der Waals surface area contributed by atoms with Crippen molar-refractivity contribution in [1.29, 1.82) is 0 Å². The van der Waals surface area contributed by atoms with Gasteiger partial charge in [-0.05, 0) is 49.2 Å². The van der Waals surface area contributed by atoms with Gasteiger partial charge in [0.25, 0.3) is 0 Å². The van der Waals surface area contributed by atoms with Crippen molar-refractivity contribution in [2.75, 3.05) is 5.32 Å². The molecule has 1 heterocycles. The number of anilines is 2. The molecule has 0 saturated heterocycles. The molecule has 2 aromatic carbocycles. The first-order valence-corrected chi connectivity index (χ1v) is 6.99. The molecule has 0 bridgehead atoms. The number of imidazole rings is 1. The molecule has 0 unspecified atom stereocenters. The molecule has 0 fully saturated rings. The molecule has 3 aromatic rings. The Bertz CT molecular complexity index is 756. The number of aromatic nitrogens is 2. The molecule has 0 radical (unpaired) electrons. The maximum atomic E-state index is 4.53. The Morgan fingerprint density at radius 3 is 2.80 bits per heavy atom. The number of benzene rings is 2. The molecule has 3 nitrogen and oxygen atoms in total. The van der Waals surface area contributed by atoms with E-state index in [0.29, 0.717) is 0 Å². The second-order valence-corrected chi connectivity index (χ2v) is 5.14. The molecule has 3 rings (SSSR count). The molecule has 3 heteroatoms. The van der Waals surface area contributed by atoms with Crippen LogP contribution in [0.4, 0.5) is 11.4 Å². The van der Waals surface area contributed by atoms with Crippen molar-refractivity contribution in [3.05, 3.63) is 53.3 Å². The van der Waals surface area contributed by atoms with Crippen LogP contribution in [0.15, 0.2) is 36.4 Å². The third kappa shape index (κ3) is 2.27. The number of hydrogen-bond donors (Lipinski definition) is 2. The zero-order chi connectivity index (χ0) is 14.1. The van der Waals surface area contributed by atoms with E-state index in [4.69, 9.17) is 0 Å². The summed E-state index contributed by atoms with van der Waals surface area (Å²) in [6.45, 7) is 6.38. The Morgan fingerprint density at radius 1 is 1.15 bits per heavy atom. The number of fused-ring (bicyclic) bond motifs is 1. The fourth-order valence-electron chi connectivity index (χ4n) is 2.35. The summed E-state index contributed by atoms with van der Waals surface area (Å²) in [6.07, 6.45) is 0.925. The highest BCUT2D eigenvalue weighted by Gasteiger charge is 2.04. The highest BCUT2D eigenvalue weighted by Crippen LogP contribution is 2.25. The van der Waals surface area contributed by atoms with E-state index in [9.17, 15) is 0 Å². The van der Waals surface area contributed by atoms with Gasteiger partial charge in [-0.25, -0.2) is 4.98 Å². The highest BCUT2D eigenvalue weighted by atomic mass is 14.9. The zero-order valence-electron chi connectivity index (χ0n) is 12.1. The molecule has 20 heavy (non-hydrogen) atoms. The van der Waals surface area contributed by atoms with Gasteiger partial charge in [-0.3, -0.25) is 0 Å². The smallest absolute Gasteiger partial charge is 0.106 e. The van der Waals surface area contributed by atoms with Crippen molar-refractivity contribution in [2.45, 2.75) is 27.2 Å². The van der Waals surface area contributed by atoms with E-state index in [0.717, 1.165) is 34.7 Å². The molecule has 102 valence electrons. The molecule has 0 amide bonds. The molecule has 0 saturated carbocycles.